The number of hydrogen-bond acceptors (Lipinski definition) is 11. The third-order valence-electron chi connectivity index (χ3n) is 7.13. The van der Waals surface area contributed by atoms with Crippen LogP contribution in [0, 0.1) is 5.92 Å². The number of piperidine rings is 1. The van der Waals surface area contributed by atoms with Gasteiger partial charge in [0.05, 0.1) is 0 Å². The molecule has 5 rings (SSSR count). The Morgan fingerprint density at radius 3 is 2.55 bits per heavy atom. The Labute approximate surface area is 255 Å². The van der Waals surface area contributed by atoms with Gasteiger partial charge in [-0.25, -0.2) is 15.0 Å². The van der Waals surface area contributed by atoms with Gasteiger partial charge in [-0.3, -0.25) is 14.4 Å². The number of halogens is 1. The molecule has 13 nitrogen and oxygen atoms in total. The van der Waals surface area contributed by atoms with Crippen molar-refractivity contribution in [2.75, 3.05) is 32.0 Å². The van der Waals surface area contributed by atoms with Gasteiger partial charge in [0.1, 0.15) is 25.6 Å². The number of ether oxygens (including phenoxy) is 3. The molecule has 1 fully saturated rings. The number of likely N-dealkylation sites (tertiary alicyclic amines) is 1. The van der Waals surface area contributed by atoms with Gasteiger partial charge in [0.25, 0.3) is 5.91 Å². The number of anilines is 1. The summed E-state index contributed by atoms with van der Waals surface area (Å²) in [7, 11) is 0. The van der Waals surface area contributed by atoms with Crippen molar-refractivity contribution in [3.05, 3.63) is 22.9 Å². The molecule has 0 unspecified atom stereocenters. The molecule has 2 atom stereocenters. The van der Waals surface area contributed by atoms with Gasteiger partial charge in [0.15, 0.2) is 39.7 Å². The molecule has 0 aliphatic carbocycles. The van der Waals surface area contributed by atoms with Crippen LogP contribution in [0.5, 0.6) is 11.5 Å². The standard InChI is InChI=1S/C27H32BrN7O6S/c1-14(32-25(37)15(2)41-16(3)36)26(38)34-6-4-17(5-7-34)12-35-24-22(23(29)30-13-31-24)33-27(35)42-21-11-20-19(10-18(21)28)39-8-9-40-20/h10-11,13-15,17H,4-9,12H2,1-3H3,(H,32,37)(H2,29,30,31)/t14-,15+/m1/s1. The van der Waals surface area contributed by atoms with E-state index in [0.29, 0.717) is 66.5 Å². The minimum absolute atomic E-state index is 0.176. The maximum atomic E-state index is 13.0. The highest BCUT2D eigenvalue weighted by Gasteiger charge is 2.30. The van der Waals surface area contributed by atoms with Crippen LogP contribution in [0.2, 0.25) is 0 Å². The lowest BCUT2D eigenvalue weighted by Gasteiger charge is -2.34. The molecule has 1 saturated heterocycles. The van der Waals surface area contributed by atoms with Gasteiger partial charge in [-0.2, -0.15) is 0 Å². The molecule has 2 aromatic heterocycles. The second kappa shape index (κ2) is 12.7. The average Bonchev–Trinajstić information content (AvgIpc) is 3.30. The Bertz CT molecular complexity index is 1510. The molecule has 0 bridgehead atoms. The smallest absolute Gasteiger partial charge is 0.303 e. The van der Waals surface area contributed by atoms with E-state index in [1.807, 2.05) is 12.1 Å². The minimum Gasteiger partial charge on any atom is -0.486 e. The van der Waals surface area contributed by atoms with Gasteiger partial charge in [0.2, 0.25) is 5.91 Å². The van der Waals surface area contributed by atoms with Crippen molar-refractivity contribution >= 4 is 62.5 Å². The van der Waals surface area contributed by atoms with Crippen LogP contribution in [0.25, 0.3) is 11.2 Å². The molecule has 3 aromatic rings. The van der Waals surface area contributed by atoms with Crippen LogP contribution in [0.1, 0.15) is 33.6 Å². The van der Waals surface area contributed by atoms with Crippen molar-refractivity contribution in [2.45, 2.75) is 62.4 Å². The van der Waals surface area contributed by atoms with Gasteiger partial charge < -0.3 is 34.7 Å². The number of hydrogen-bond donors (Lipinski definition) is 2. The summed E-state index contributed by atoms with van der Waals surface area (Å²) in [5.74, 6) is 0.682. The van der Waals surface area contributed by atoms with E-state index in [0.717, 1.165) is 22.2 Å². The van der Waals surface area contributed by atoms with Gasteiger partial charge in [-0.05, 0) is 60.7 Å². The molecule has 4 heterocycles. The molecule has 0 radical (unpaired) electrons. The fraction of sp³-hybridized carbons (Fsp3) is 0.481. The zero-order chi connectivity index (χ0) is 30.0. The summed E-state index contributed by atoms with van der Waals surface area (Å²) in [5.41, 5.74) is 7.35. The summed E-state index contributed by atoms with van der Waals surface area (Å²) < 4.78 is 19.3. The van der Waals surface area contributed by atoms with E-state index in [4.69, 9.17) is 24.9 Å². The predicted molar refractivity (Wildman–Crippen MR) is 157 cm³/mol. The summed E-state index contributed by atoms with van der Waals surface area (Å²) >= 11 is 5.11. The molecular weight excluding hydrogens is 630 g/mol. The summed E-state index contributed by atoms with van der Waals surface area (Å²) in [4.78, 5) is 52.5. The Kier molecular flexibility index (Phi) is 9.06. The third kappa shape index (κ3) is 6.56. The normalized spacial score (nSPS) is 16.6. The van der Waals surface area contributed by atoms with Gasteiger partial charge in [-0.15, -0.1) is 0 Å². The number of nitrogens with one attached hydrogen (secondary N) is 1. The van der Waals surface area contributed by atoms with E-state index in [9.17, 15) is 14.4 Å². The van der Waals surface area contributed by atoms with Crippen LogP contribution in [0.3, 0.4) is 0 Å². The molecule has 2 aliphatic rings. The summed E-state index contributed by atoms with van der Waals surface area (Å²) in [5, 5.41) is 3.35. The lowest BCUT2D eigenvalue weighted by atomic mass is 9.96. The predicted octanol–water partition coefficient (Wildman–Crippen LogP) is 2.79. The number of esters is 1. The molecule has 2 aliphatic heterocycles. The first-order valence-electron chi connectivity index (χ1n) is 13.6. The Balaban J connectivity index is 1.27. The maximum Gasteiger partial charge on any atom is 0.303 e. The van der Waals surface area contributed by atoms with E-state index in [-0.39, 0.29) is 11.8 Å². The molecule has 1 aromatic carbocycles. The second-order valence-electron chi connectivity index (χ2n) is 10.2. The number of nitrogens with zero attached hydrogens (tertiary/aromatic N) is 5. The Hall–Kier alpha value is -3.59. The highest BCUT2D eigenvalue weighted by Crippen LogP contribution is 2.42. The lowest BCUT2D eigenvalue weighted by Crippen LogP contribution is -2.51. The summed E-state index contributed by atoms with van der Waals surface area (Å²) in [6.07, 6.45) is 1.98. The van der Waals surface area contributed by atoms with Crippen molar-refractivity contribution < 1.29 is 28.6 Å². The summed E-state index contributed by atoms with van der Waals surface area (Å²) in [6.45, 7) is 7.05. The lowest BCUT2D eigenvalue weighted by molar-refractivity contribution is -0.153. The quantitative estimate of drug-likeness (QED) is 0.341. The zero-order valence-corrected chi connectivity index (χ0v) is 25.9. The van der Waals surface area contributed by atoms with Gasteiger partial charge in [-0.1, -0.05) is 11.8 Å². The Morgan fingerprint density at radius 1 is 1.17 bits per heavy atom. The van der Waals surface area contributed by atoms with Crippen LogP contribution in [-0.2, 0) is 25.7 Å². The van der Waals surface area contributed by atoms with Crippen LogP contribution in [0.15, 0.2) is 33.0 Å². The number of benzene rings is 1. The number of nitrogens with two attached hydrogens (primary N) is 1. The molecular formula is C27H32BrN7O6S. The first-order valence-corrected chi connectivity index (χ1v) is 15.2. The van der Waals surface area contributed by atoms with Crippen molar-refractivity contribution in [1.82, 2.24) is 29.7 Å². The SMILES string of the molecule is CC(=O)O[C@@H](C)C(=O)N[C@H](C)C(=O)N1CCC(Cn2c(Sc3cc4c(cc3Br)OCCO4)nc3c(N)ncnc32)CC1. The fourth-order valence-electron chi connectivity index (χ4n) is 4.96. The molecule has 0 spiro atoms. The highest BCUT2D eigenvalue weighted by atomic mass is 79.9. The van der Waals surface area contributed by atoms with Crippen molar-refractivity contribution in [3.63, 3.8) is 0 Å². The van der Waals surface area contributed by atoms with E-state index in [1.54, 1.807) is 11.8 Å². The van der Waals surface area contributed by atoms with E-state index in [1.165, 1.54) is 31.9 Å². The van der Waals surface area contributed by atoms with Gasteiger partial charge in [0, 0.05) is 35.9 Å². The molecule has 2 amide bonds. The van der Waals surface area contributed by atoms with Crippen LogP contribution >= 0.6 is 27.7 Å². The average molecular weight is 663 g/mol. The van der Waals surface area contributed by atoms with Crippen molar-refractivity contribution in [3.8, 4) is 11.5 Å². The molecule has 15 heteroatoms. The number of rotatable bonds is 8. The number of carbonyl (C=O) groups excluding carboxylic acids is 3. The van der Waals surface area contributed by atoms with Crippen LogP contribution in [0.4, 0.5) is 5.82 Å². The van der Waals surface area contributed by atoms with E-state index < -0.39 is 24.0 Å². The number of fused-ring (bicyclic) bond motifs is 2. The number of amides is 2. The minimum atomic E-state index is -0.971. The van der Waals surface area contributed by atoms with E-state index in [2.05, 4.69) is 35.8 Å². The molecule has 224 valence electrons. The van der Waals surface area contributed by atoms with Gasteiger partial charge >= 0.3 is 5.97 Å². The van der Waals surface area contributed by atoms with Crippen LogP contribution < -0.4 is 20.5 Å². The van der Waals surface area contributed by atoms with Crippen LogP contribution in [-0.4, -0.2) is 80.7 Å². The monoisotopic (exact) mass is 661 g/mol. The molecule has 42 heavy (non-hydrogen) atoms. The largest absolute Gasteiger partial charge is 0.486 e. The maximum absolute atomic E-state index is 13.0. The topological polar surface area (TPSA) is 164 Å². The zero-order valence-electron chi connectivity index (χ0n) is 23.5. The molecule has 0 saturated carbocycles. The second-order valence-corrected chi connectivity index (χ2v) is 12.1. The van der Waals surface area contributed by atoms with E-state index >= 15 is 0 Å². The van der Waals surface area contributed by atoms with Crippen molar-refractivity contribution in [2.24, 2.45) is 5.92 Å². The number of nitrogen functional groups attached to an aromatic ring is 1. The molecule has 3 N–H and O–H groups in total. The van der Waals surface area contributed by atoms with Crippen molar-refractivity contribution in [1.29, 1.82) is 0 Å². The number of carbonyl (C=O) groups is 3. The fourth-order valence-corrected chi connectivity index (χ4v) is 6.45. The third-order valence-corrected chi connectivity index (χ3v) is 9.10. The number of aromatic nitrogens is 4. The first kappa shape index (κ1) is 29.9. The Morgan fingerprint density at radius 2 is 1.86 bits per heavy atom. The number of imidazole rings is 1. The highest BCUT2D eigenvalue weighted by molar-refractivity contribution is 9.10. The summed E-state index contributed by atoms with van der Waals surface area (Å²) in [6, 6.07) is 3.08. The first-order chi connectivity index (χ1) is 20.1.